The Balaban J connectivity index is 4.36. The molecule has 0 aliphatic rings. The number of hydrogen-bond donors (Lipinski definition) is 1. The maximum absolute atomic E-state index is 8.89. The van der Waals surface area contributed by atoms with Crippen LogP contribution < -0.4 is 0 Å². The van der Waals surface area contributed by atoms with Crippen LogP contribution in [0, 0.1) is 0 Å². The Morgan fingerprint density at radius 3 is 2.21 bits per heavy atom. The van der Waals surface area contributed by atoms with E-state index in [0.717, 1.165) is 13.0 Å². The molecule has 4 nitrogen and oxygen atoms in total. The third-order valence-corrected chi connectivity index (χ3v) is 2.55. The molecule has 0 aromatic rings. The molecule has 0 fully saturated rings. The van der Waals surface area contributed by atoms with Crippen molar-refractivity contribution in [2.45, 2.75) is 26.1 Å². The minimum Gasteiger partial charge on any atom is -0.395 e. The first-order chi connectivity index (χ1) is 6.49. The van der Waals surface area contributed by atoms with Crippen molar-refractivity contribution < 1.29 is 9.84 Å². The fourth-order valence-electron chi connectivity index (χ4n) is 1.23. The number of hydrogen-bond acceptors (Lipinski definition) is 4. The van der Waals surface area contributed by atoms with Crippen LogP contribution in [0.1, 0.15) is 20.3 Å². The van der Waals surface area contributed by atoms with Crippen molar-refractivity contribution in [3.05, 3.63) is 0 Å². The lowest BCUT2D eigenvalue weighted by atomic mass is 10.3. The van der Waals surface area contributed by atoms with Crippen molar-refractivity contribution in [2.24, 2.45) is 0 Å². The van der Waals surface area contributed by atoms with Gasteiger partial charge in [0.05, 0.1) is 13.2 Å². The molecule has 1 N–H and O–H groups in total. The second-order valence-corrected chi connectivity index (χ2v) is 3.82. The van der Waals surface area contributed by atoms with Gasteiger partial charge >= 0.3 is 0 Å². The number of aliphatic hydroxyl groups is 1. The summed E-state index contributed by atoms with van der Waals surface area (Å²) in [7, 11) is 5.90. The van der Waals surface area contributed by atoms with Crippen molar-refractivity contribution >= 4 is 0 Å². The third-order valence-electron chi connectivity index (χ3n) is 2.55. The lowest BCUT2D eigenvalue weighted by Crippen LogP contribution is -2.57. The Kier molecular flexibility index (Phi) is 6.27. The molecule has 0 aliphatic carbocycles. The van der Waals surface area contributed by atoms with Crippen LogP contribution in [0.3, 0.4) is 0 Å². The molecule has 0 spiro atoms. The topological polar surface area (TPSA) is 35.9 Å². The van der Waals surface area contributed by atoms with Crippen molar-refractivity contribution in [1.29, 1.82) is 0 Å². The quantitative estimate of drug-likeness (QED) is 0.615. The van der Waals surface area contributed by atoms with E-state index in [9.17, 15) is 0 Å². The molecule has 0 amide bonds. The highest BCUT2D eigenvalue weighted by molar-refractivity contribution is 4.71. The standard InChI is InChI=1S/C10H24N2O2/c1-6-9-14-10(2,11(3)4)12(5)7-8-13/h13H,6-9H2,1-5H3. The maximum atomic E-state index is 8.89. The monoisotopic (exact) mass is 204 g/mol. The smallest absolute Gasteiger partial charge is 0.176 e. The zero-order valence-electron chi connectivity index (χ0n) is 10.1. The average Bonchev–Trinajstić information content (AvgIpc) is 2.14. The van der Waals surface area contributed by atoms with E-state index in [1.165, 1.54) is 0 Å². The molecule has 0 aromatic heterocycles. The molecule has 86 valence electrons. The molecule has 1 unspecified atom stereocenters. The van der Waals surface area contributed by atoms with Gasteiger partial charge in [-0.3, -0.25) is 9.80 Å². The van der Waals surface area contributed by atoms with E-state index >= 15 is 0 Å². The van der Waals surface area contributed by atoms with E-state index in [2.05, 4.69) is 6.92 Å². The van der Waals surface area contributed by atoms with Crippen LogP contribution in [0.2, 0.25) is 0 Å². The van der Waals surface area contributed by atoms with Crippen LogP contribution >= 0.6 is 0 Å². The van der Waals surface area contributed by atoms with Crippen molar-refractivity contribution in [3.8, 4) is 0 Å². The van der Waals surface area contributed by atoms with Crippen LogP contribution in [0.25, 0.3) is 0 Å². The molecule has 1 atom stereocenters. The summed E-state index contributed by atoms with van der Waals surface area (Å²) in [6.07, 6.45) is 0.996. The summed E-state index contributed by atoms with van der Waals surface area (Å²) in [5, 5.41) is 8.89. The minimum absolute atomic E-state index is 0.148. The van der Waals surface area contributed by atoms with Crippen LogP contribution in [0.4, 0.5) is 0 Å². The Bertz CT molecular complexity index is 153. The minimum atomic E-state index is -0.432. The molecule has 0 bridgehead atoms. The number of ether oxygens (including phenoxy) is 1. The van der Waals surface area contributed by atoms with E-state index < -0.39 is 5.85 Å². The number of aliphatic hydroxyl groups excluding tert-OH is 1. The second-order valence-electron chi connectivity index (χ2n) is 3.82. The van der Waals surface area contributed by atoms with Crippen molar-refractivity contribution in [1.82, 2.24) is 9.80 Å². The summed E-state index contributed by atoms with van der Waals surface area (Å²) in [6.45, 7) is 5.58. The summed E-state index contributed by atoms with van der Waals surface area (Å²) in [4.78, 5) is 4.01. The fourth-order valence-corrected chi connectivity index (χ4v) is 1.23. The molecule has 0 saturated heterocycles. The Labute approximate surface area is 87.5 Å². The largest absolute Gasteiger partial charge is 0.395 e. The summed E-state index contributed by atoms with van der Waals surface area (Å²) in [5.41, 5.74) is 0. The van der Waals surface area contributed by atoms with Crippen molar-refractivity contribution in [3.63, 3.8) is 0 Å². The van der Waals surface area contributed by atoms with Gasteiger partial charge in [0.1, 0.15) is 0 Å². The zero-order chi connectivity index (χ0) is 11.2. The molecular weight excluding hydrogens is 180 g/mol. The summed E-state index contributed by atoms with van der Waals surface area (Å²) in [6, 6.07) is 0. The van der Waals surface area contributed by atoms with Crippen LogP contribution in [-0.2, 0) is 4.74 Å². The molecule has 0 rings (SSSR count). The second kappa shape index (κ2) is 6.35. The van der Waals surface area contributed by atoms with Gasteiger partial charge in [-0.25, -0.2) is 0 Å². The first-order valence-electron chi connectivity index (χ1n) is 5.12. The van der Waals surface area contributed by atoms with Gasteiger partial charge in [-0.05, 0) is 34.5 Å². The molecule has 0 saturated carbocycles. The van der Waals surface area contributed by atoms with Crippen molar-refractivity contribution in [2.75, 3.05) is 40.9 Å². The van der Waals surface area contributed by atoms with Crippen LogP contribution in [-0.4, -0.2) is 61.7 Å². The normalized spacial score (nSPS) is 16.3. The van der Waals surface area contributed by atoms with Gasteiger partial charge in [0.2, 0.25) is 0 Å². The highest BCUT2D eigenvalue weighted by Gasteiger charge is 2.31. The Morgan fingerprint density at radius 1 is 1.29 bits per heavy atom. The zero-order valence-corrected chi connectivity index (χ0v) is 10.1. The molecule has 0 aromatic carbocycles. The summed E-state index contributed by atoms with van der Waals surface area (Å²) >= 11 is 0. The van der Waals surface area contributed by atoms with Gasteiger partial charge in [-0.1, -0.05) is 6.92 Å². The number of nitrogens with zero attached hydrogens (tertiary/aromatic N) is 2. The van der Waals surface area contributed by atoms with E-state index in [4.69, 9.17) is 9.84 Å². The van der Waals surface area contributed by atoms with Gasteiger partial charge in [-0.2, -0.15) is 0 Å². The molecule has 4 heteroatoms. The highest BCUT2D eigenvalue weighted by atomic mass is 16.5. The van der Waals surface area contributed by atoms with Gasteiger partial charge in [0.25, 0.3) is 0 Å². The predicted octanol–water partition coefficient (Wildman–Crippen LogP) is 0.572. The molecule has 0 radical (unpaired) electrons. The number of likely N-dealkylation sites (N-methyl/N-ethyl adjacent to an activating group) is 1. The third kappa shape index (κ3) is 3.53. The van der Waals surface area contributed by atoms with E-state index in [0.29, 0.717) is 6.54 Å². The summed E-state index contributed by atoms with van der Waals surface area (Å²) in [5.74, 6) is -0.432. The van der Waals surface area contributed by atoms with Crippen LogP contribution in [0.5, 0.6) is 0 Å². The summed E-state index contributed by atoms with van der Waals surface area (Å²) < 4.78 is 5.80. The molecule has 14 heavy (non-hydrogen) atoms. The lowest BCUT2D eigenvalue weighted by molar-refractivity contribution is -0.217. The Hall–Kier alpha value is -0.160. The molecule has 0 aliphatic heterocycles. The molecular formula is C10H24N2O2. The van der Waals surface area contributed by atoms with Gasteiger partial charge in [0.15, 0.2) is 5.85 Å². The van der Waals surface area contributed by atoms with Gasteiger partial charge < -0.3 is 9.84 Å². The van der Waals surface area contributed by atoms with E-state index in [1.807, 2.05) is 37.9 Å². The van der Waals surface area contributed by atoms with Crippen LogP contribution in [0.15, 0.2) is 0 Å². The predicted molar refractivity (Wildman–Crippen MR) is 58.1 cm³/mol. The highest BCUT2D eigenvalue weighted by Crippen LogP contribution is 2.17. The molecule has 0 heterocycles. The SMILES string of the molecule is CCCOC(C)(N(C)C)N(C)CCO. The van der Waals surface area contributed by atoms with Gasteiger partial charge in [0, 0.05) is 6.54 Å². The first kappa shape index (κ1) is 13.8. The first-order valence-corrected chi connectivity index (χ1v) is 5.12. The van der Waals surface area contributed by atoms with E-state index in [1.54, 1.807) is 0 Å². The Morgan fingerprint density at radius 2 is 1.86 bits per heavy atom. The lowest BCUT2D eigenvalue weighted by Gasteiger charge is -2.43. The maximum Gasteiger partial charge on any atom is 0.176 e. The fraction of sp³-hybridized carbons (Fsp3) is 1.00. The van der Waals surface area contributed by atoms with E-state index in [-0.39, 0.29) is 6.61 Å². The van der Waals surface area contributed by atoms with Gasteiger partial charge in [-0.15, -0.1) is 0 Å². The average molecular weight is 204 g/mol. The number of rotatable bonds is 7.